The number of hydrogen-bond acceptors (Lipinski definition) is 0. The van der Waals surface area contributed by atoms with E-state index in [9.17, 15) is 0 Å². The Morgan fingerprint density at radius 3 is 2.33 bits per heavy atom. The Morgan fingerprint density at radius 2 is 1.87 bits per heavy atom. The predicted octanol–water partition coefficient (Wildman–Crippen LogP) is 5.39. The first-order valence-electron chi connectivity index (χ1n) is 6.81. The molecule has 0 spiro atoms. The van der Waals surface area contributed by atoms with E-state index in [-0.39, 0.29) is 0 Å². The second-order valence-corrected chi connectivity index (χ2v) is 10.9. The minimum absolute atomic E-state index is 0.705. The summed E-state index contributed by atoms with van der Waals surface area (Å²) >= 11 is 0. The van der Waals surface area contributed by atoms with Gasteiger partial charge in [-0.15, -0.1) is 6.58 Å². The van der Waals surface area contributed by atoms with Crippen LogP contribution in [0, 0.1) is 0 Å². The molecule has 1 aliphatic heterocycles. The molecule has 0 saturated carbocycles. The molecule has 0 aromatic carbocycles. The lowest BCUT2D eigenvalue weighted by Crippen LogP contribution is -2.48. The summed E-state index contributed by atoms with van der Waals surface area (Å²) in [6, 6.07) is 4.57. The Hall–Kier alpha value is -0.0431. The number of hydrogen-bond donors (Lipinski definition) is 0. The third-order valence-electron chi connectivity index (χ3n) is 5.25. The van der Waals surface area contributed by atoms with Crippen LogP contribution in [0.4, 0.5) is 0 Å². The zero-order valence-corrected chi connectivity index (χ0v) is 11.9. The Bertz CT molecular complexity index is 205. The molecule has 1 heteroatoms. The van der Waals surface area contributed by atoms with E-state index in [1.165, 1.54) is 44.2 Å². The van der Waals surface area contributed by atoms with Crippen LogP contribution < -0.4 is 0 Å². The molecule has 1 heterocycles. The predicted molar refractivity (Wildman–Crippen MR) is 73.2 cm³/mol. The molecular weight excluding hydrogens is 196 g/mol. The lowest BCUT2D eigenvalue weighted by Gasteiger charge is -2.52. The van der Waals surface area contributed by atoms with E-state index in [1.54, 1.807) is 6.04 Å². The first-order chi connectivity index (χ1) is 7.20. The van der Waals surface area contributed by atoms with Gasteiger partial charge >= 0.3 is 0 Å². The standard InChI is InChI=1S/C14H28Si/c1-5-11-14(6-2)12-9-10-13-15(14,7-3)8-4/h5H,1,6-13H2,2-4H3. The summed E-state index contributed by atoms with van der Waals surface area (Å²) in [5.74, 6) is 0. The van der Waals surface area contributed by atoms with Gasteiger partial charge in [-0.2, -0.15) is 0 Å². The van der Waals surface area contributed by atoms with Crippen LogP contribution in [0.1, 0.15) is 52.9 Å². The smallest absolute Gasteiger partial charge is 0.0595 e. The van der Waals surface area contributed by atoms with Crippen LogP contribution in [0.2, 0.25) is 23.2 Å². The molecule has 0 radical (unpaired) electrons. The highest BCUT2D eigenvalue weighted by atomic mass is 28.3. The summed E-state index contributed by atoms with van der Waals surface area (Å²) in [6.07, 6.45) is 9.35. The molecule has 0 aliphatic carbocycles. The molecule has 1 rings (SSSR count). The molecule has 0 bridgehead atoms. The first kappa shape index (κ1) is 13.0. The van der Waals surface area contributed by atoms with Gasteiger partial charge in [0.25, 0.3) is 0 Å². The summed E-state index contributed by atoms with van der Waals surface area (Å²) in [4.78, 5) is 0. The van der Waals surface area contributed by atoms with Crippen LogP contribution in [0.15, 0.2) is 12.7 Å². The van der Waals surface area contributed by atoms with E-state index in [4.69, 9.17) is 0 Å². The molecule has 15 heavy (non-hydrogen) atoms. The van der Waals surface area contributed by atoms with Crippen LogP contribution in [-0.2, 0) is 0 Å². The number of rotatable bonds is 5. The van der Waals surface area contributed by atoms with Crippen LogP contribution in [0.3, 0.4) is 0 Å². The second kappa shape index (κ2) is 5.34. The van der Waals surface area contributed by atoms with Crippen molar-refractivity contribution in [2.24, 2.45) is 0 Å². The SMILES string of the molecule is C=CCC1(CC)CCCC[Si]1(CC)CC. The third kappa shape index (κ3) is 2.08. The molecule has 1 saturated heterocycles. The molecule has 0 N–H and O–H groups in total. The van der Waals surface area contributed by atoms with Gasteiger partial charge in [-0.25, -0.2) is 0 Å². The van der Waals surface area contributed by atoms with Gasteiger partial charge in [0.15, 0.2) is 0 Å². The van der Waals surface area contributed by atoms with Gasteiger partial charge in [0.05, 0.1) is 8.07 Å². The van der Waals surface area contributed by atoms with E-state index in [0.717, 1.165) is 0 Å². The maximum atomic E-state index is 4.00. The van der Waals surface area contributed by atoms with Crippen molar-refractivity contribution in [2.75, 3.05) is 0 Å². The fourth-order valence-corrected chi connectivity index (χ4v) is 10.3. The van der Waals surface area contributed by atoms with Crippen LogP contribution in [0.25, 0.3) is 0 Å². The maximum Gasteiger partial charge on any atom is 0.0595 e. The van der Waals surface area contributed by atoms with Crippen molar-refractivity contribution >= 4 is 8.07 Å². The summed E-state index contributed by atoms with van der Waals surface area (Å²) < 4.78 is 0. The van der Waals surface area contributed by atoms with E-state index >= 15 is 0 Å². The molecule has 88 valence electrons. The summed E-state index contributed by atoms with van der Waals surface area (Å²) in [7, 11) is -1.00. The number of allylic oxidation sites excluding steroid dienone is 1. The van der Waals surface area contributed by atoms with Gasteiger partial charge in [-0.1, -0.05) is 64.2 Å². The minimum atomic E-state index is -1.00. The van der Waals surface area contributed by atoms with Crippen molar-refractivity contribution in [3.63, 3.8) is 0 Å². The average molecular weight is 224 g/mol. The van der Waals surface area contributed by atoms with Crippen molar-refractivity contribution in [2.45, 2.75) is 76.0 Å². The van der Waals surface area contributed by atoms with Crippen LogP contribution in [-0.4, -0.2) is 8.07 Å². The van der Waals surface area contributed by atoms with Gasteiger partial charge in [0.1, 0.15) is 0 Å². The van der Waals surface area contributed by atoms with Crippen molar-refractivity contribution < 1.29 is 0 Å². The minimum Gasteiger partial charge on any atom is -0.103 e. The first-order valence-corrected chi connectivity index (χ1v) is 9.43. The summed E-state index contributed by atoms with van der Waals surface area (Å²) in [5.41, 5.74) is 0. The van der Waals surface area contributed by atoms with Crippen LogP contribution in [0.5, 0.6) is 0 Å². The van der Waals surface area contributed by atoms with Gasteiger partial charge in [0.2, 0.25) is 0 Å². The zero-order chi connectivity index (χ0) is 11.4. The normalized spacial score (nSPS) is 30.1. The maximum absolute atomic E-state index is 4.00. The zero-order valence-electron chi connectivity index (χ0n) is 10.9. The van der Waals surface area contributed by atoms with E-state index in [2.05, 4.69) is 33.4 Å². The molecule has 1 aliphatic rings. The van der Waals surface area contributed by atoms with Crippen molar-refractivity contribution in [1.82, 2.24) is 0 Å². The van der Waals surface area contributed by atoms with Crippen molar-refractivity contribution in [3.8, 4) is 0 Å². The Labute approximate surface area is 97.2 Å². The van der Waals surface area contributed by atoms with Gasteiger partial charge in [-0.05, 0) is 17.9 Å². The molecule has 1 unspecified atom stereocenters. The lowest BCUT2D eigenvalue weighted by atomic mass is 9.93. The highest BCUT2D eigenvalue weighted by Gasteiger charge is 2.49. The van der Waals surface area contributed by atoms with Crippen LogP contribution >= 0.6 is 0 Å². The van der Waals surface area contributed by atoms with E-state index in [1.807, 2.05) is 0 Å². The highest BCUT2D eigenvalue weighted by molar-refractivity contribution is 6.82. The quantitative estimate of drug-likeness (QED) is 0.434. The Balaban J connectivity index is 3.00. The summed E-state index contributed by atoms with van der Waals surface area (Å²) in [6.45, 7) is 11.3. The molecule has 0 nitrogen and oxygen atoms in total. The van der Waals surface area contributed by atoms with Gasteiger partial charge in [-0.3, -0.25) is 0 Å². The molecule has 0 amide bonds. The molecule has 0 aromatic rings. The topological polar surface area (TPSA) is 0 Å². The monoisotopic (exact) mass is 224 g/mol. The summed E-state index contributed by atoms with van der Waals surface area (Å²) in [5, 5.41) is 0.705. The largest absolute Gasteiger partial charge is 0.103 e. The fraction of sp³-hybridized carbons (Fsp3) is 0.857. The lowest BCUT2D eigenvalue weighted by molar-refractivity contribution is 0.424. The van der Waals surface area contributed by atoms with E-state index < -0.39 is 8.07 Å². The Kier molecular flexibility index (Phi) is 4.63. The second-order valence-electron chi connectivity index (χ2n) is 5.32. The highest BCUT2D eigenvalue weighted by Crippen LogP contribution is 2.57. The van der Waals surface area contributed by atoms with Gasteiger partial charge < -0.3 is 0 Å². The third-order valence-corrected chi connectivity index (χ3v) is 12.3. The molecular formula is C14H28Si. The molecule has 0 aromatic heterocycles. The van der Waals surface area contributed by atoms with E-state index in [0.29, 0.717) is 5.04 Å². The van der Waals surface area contributed by atoms with Gasteiger partial charge in [0, 0.05) is 0 Å². The average Bonchev–Trinajstić information content (AvgIpc) is 2.30. The Morgan fingerprint density at radius 1 is 1.20 bits per heavy atom. The molecule has 1 atom stereocenters. The van der Waals surface area contributed by atoms with Crippen molar-refractivity contribution in [3.05, 3.63) is 12.7 Å². The fourth-order valence-electron chi connectivity index (χ4n) is 4.10. The molecule has 1 fully saturated rings. The van der Waals surface area contributed by atoms with Crippen molar-refractivity contribution in [1.29, 1.82) is 0 Å².